The molecule has 0 heterocycles. The summed E-state index contributed by atoms with van der Waals surface area (Å²) >= 11 is 0. The zero-order valence-corrected chi connectivity index (χ0v) is 50.9. The number of allylic oxidation sites excluding steroid dienone is 25. The van der Waals surface area contributed by atoms with Crippen molar-refractivity contribution in [1.82, 2.24) is 5.32 Å². The van der Waals surface area contributed by atoms with Crippen molar-refractivity contribution in [2.75, 3.05) is 6.61 Å². The molecule has 0 radical (unpaired) electrons. The lowest BCUT2D eigenvalue weighted by molar-refractivity contribution is -0.123. The first kappa shape index (κ1) is 74.0. The van der Waals surface area contributed by atoms with Gasteiger partial charge in [0.1, 0.15) is 0 Å². The number of unbranched alkanes of at least 4 members (excludes halogenated alkanes) is 27. The molecule has 0 fully saturated rings. The molecule has 0 aliphatic heterocycles. The van der Waals surface area contributed by atoms with Crippen molar-refractivity contribution in [2.45, 2.75) is 296 Å². The molecular formula is C74H123NO3. The van der Waals surface area contributed by atoms with Crippen LogP contribution in [0.25, 0.3) is 0 Å². The van der Waals surface area contributed by atoms with Crippen molar-refractivity contribution >= 4 is 5.91 Å². The van der Waals surface area contributed by atoms with Crippen molar-refractivity contribution in [3.8, 4) is 0 Å². The molecule has 4 heteroatoms. The standard InChI is InChI=1S/C74H123NO3/c1-3-5-7-9-11-13-15-17-19-21-23-25-27-29-31-32-33-34-35-36-37-38-39-40-41-42-44-46-48-50-52-54-56-58-60-62-64-66-68-70-74(78)75-72(71-76)73(77)69-67-65-63-61-59-57-55-53-51-49-47-45-43-30-28-26-24-22-20-18-16-14-12-10-8-6-4-2/h5,7,11,13,17,19,23,25,29,31,33-34,36-37,39-40,42,44,48,50,54,56,60,62,67,69,72-73,76-77H,3-4,6,8-10,12,14-16,18,20-22,24,26-28,30,32,35,38,41,43,45-47,49,51-53,55,57-59,61,63-66,68,70-71H2,1-2H3,(H,75,78)/b7-5-,13-11-,19-17-,25-23-,31-29-,34-33-,37-36-,40-39-,44-42-,50-48-,56-54-,62-60-,69-67+. The van der Waals surface area contributed by atoms with Crippen molar-refractivity contribution in [3.63, 3.8) is 0 Å². The van der Waals surface area contributed by atoms with Gasteiger partial charge in [0.15, 0.2) is 0 Å². The van der Waals surface area contributed by atoms with Crippen LogP contribution < -0.4 is 5.32 Å². The Balaban J connectivity index is 3.68. The molecule has 442 valence electrons. The lowest BCUT2D eigenvalue weighted by atomic mass is 10.0. The van der Waals surface area contributed by atoms with Crippen LogP contribution >= 0.6 is 0 Å². The van der Waals surface area contributed by atoms with Gasteiger partial charge < -0.3 is 15.5 Å². The monoisotopic (exact) mass is 1070 g/mol. The van der Waals surface area contributed by atoms with Crippen LogP contribution in [-0.4, -0.2) is 34.9 Å². The topological polar surface area (TPSA) is 69.6 Å². The average molecular weight is 1070 g/mol. The molecule has 1 amide bonds. The lowest BCUT2D eigenvalue weighted by Crippen LogP contribution is -2.45. The Morgan fingerprint density at radius 1 is 0.321 bits per heavy atom. The third-order valence-electron chi connectivity index (χ3n) is 14.0. The summed E-state index contributed by atoms with van der Waals surface area (Å²) in [6.45, 7) is 4.19. The highest BCUT2D eigenvalue weighted by Gasteiger charge is 2.18. The Bertz CT molecular complexity index is 1640. The number of rotatable bonds is 58. The van der Waals surface area contributed by atoms with Gasteiger partial charge in [-0.15, -0.1) is 0 Å². The van der Waals surface area contributed by atoms with Crippen molar-refractivity contribution in [1.29, 1.82) is 0 Å². The zero-order chi connectivity index (χ0) is 56.2. The van der Waals surface area contributed by atoms with Crippen molar-refractivity contribution in [3.05, 3.63) is 158 Å². The first-order chi connectivity index (χ1) is 38.7. The van der Waals surface area contributed by atoms with Crippen LogP contribution in [0.4, 0.5) is 0 Å². The molecule has 0 aliphatic rings. The minimum Gasteiger partial charge on any atom is -0.394 e. The molecule has 4 nitrogen and oxygen atoms in total. The minimum atomic E-state index is -0.871. The van der Waals surface area contributed by atoms with Gasteiger partial charge in [-0.3, -0.25) is 4.79 Å². The SMILES string of the molecule is CC/C=C\C/C=C\C/C=C\C/C=C\C/C=C\C/C=C\C/C=C\C/C=C\C/C=C\C/C=C\C/C=C\C/C=C\CCCCC(=O)NC(CO)C(O)/C=C/CCCCCCCCCCCCCCCCCCCCCCCCCCC. The van der Waals surface area contributed by atoms with E-state index < -0.39 is 12.1 Å². The predicted molar refractivity (Wildman–Crippen MR) is 349 cm³/mol. The number of carbonyl (C=O) groups is 1. The molecule has 0 aromatic carbocycles. The fraction of sp³-hybridized carbons (Fsp3) is 0.635. The Kier molecular flexibility index (Phi) is 63.8. The quantitative estimate of drug-likeness (QED) is 0.0420. The molecule has 3 N–H and O–H groups in total. The highest BCUT2D eigenvalue weighted by molar-refractivity contribution is 5.76. The molecule has 0 aromatic rings. The van der Waals surface area contributed by atoms with E-state index in [-0.39, 0.29) is 12.5 Å². The fourth-order valence-electron chi connectivity index (χ4n) is 9.10. The Morgan fingerprint density at radius 3 is 0.846 bits per heavy atom. The first-order valence-corrected chi connectivity index (χ1v) is 32.7. The maximum Gasteiger partial charge on any atom is 0.220 e. The van der Waals surface area contributed by atoms with E-state index in [0.29, 0.717) is 6.42 Å². The van der Waals surface area contributed by atoms with Crippen molar-refractivity contribution < 1.29 is 15.0 Å². The average Bonchev–Trinajstić information content (AvgIpc) is 3.44. The van der Waals surface area contributed by atoms with E-state index in [2.05, 4.69) is 165 Å². The second-order valence-corrected chi connectivity index (χ2v) is 21.5. The van der Waals surface area contributed by atoms with Crippen LogP contribution in [0.15, 0.2) is 158 Å². The first-order valence-electron chi connectivity index (χ1n) is 32.7. The van der Waals surface area contributed by atoms with Crippen LogP contribution in [0.5, 0.6) is 0 Å². The lowest BCUT2D eigenvalue weighted by Gasteiger charge is -2.19. The number of hydrogen-bond acceptors (Lipinski definition) is 3. The minimum absolute atomic E-state index is 0.110. The number of amides is 1. The summed E-state index contributed by atoms with van der Waals surface area (Å²) in [5.41, 5.74) is 0. The van der Waals surface area contributed by atoms with Crippen LogP contribution in [-0.2, 0) is 4.79 Å². The molecule has 0 spiro atoms. The van der Waals surface area contributed by atoms with Crippen molar-refractivity contribution in [2.24, 2.45) is 0 Å². The van der Waals surface area contributed by atoms with Gasteiger partial charge in [0.2, 0.25) is 5.91 Å². The van der Waals surface area contributed by atoms with E-state index in [4.69, 9.17) is 0 Å². The van der Waals surface area contributed by atoms with E-state index in [1.165, 1.54) is 154 Å². The molecule has 0 aliphatic carbocycles. The molecule has 0 rings (SSSR count). The number of carbonyl (C=O) groups excluding carboxylic acids is 1. The summed E-state index contributed by atoms with van der Waals surface area (Å²) in [6.07, 6.45) is 107. The summed E-state index contributed by atoms with van der Waals surface area (Å²) in [7, 11) is 0. The molecule has 2 unspecified atom stereocenters. The van der Waals surface area contributed by atoms with Gasteiger partial charge in [-0.1, -0.05) is 326 Å². The predicted octanol–water partition coefficient (Wildman–Crippen LogP) is 22.5. The number of hydrogen-bond donors (Lipinski definition) is 3. The third-order valence-corrected chi connectivity index (χ3v) is 14.0. The van der Waals surface area contributed by atoms with Crippen LogP contribution in [0, 0.1) is 0 Å². The van der Waals surface area contributed by atoms with E-state index in [1.807, 2.05) is 6.08 Å². The summed E-state index contributed by atoms with van der Waals surface area (Å²) in [6, 6.07) is -0.659. The molecule has 0 aromatic heterocycles. The van der Waals surface area contributed by atoms with Gasteiger partial charge >= 0.3 is 0 Å². The molecule has 2 atom stereocenters. The highest BCUT2D eigenvalue weighted by Crippen LogP contribution is 2.17. The Labute approximate surface area is 484 Å². The highest BCUT2D eigenvalue weighted by atomic mass is 16.3. The van der Waals surface area contributed by atoms with E-state index in [9.17, 15) is 15.0 Å². The van der Waals surface area contributed by atoms with Crippen LogP contribution in [0.1, 0.15) is 284 Å². The number of nitrogens with one attached hydrogen (secondary N) is 1. The summed E-state index contributed by atoms with van der Waals surface area (Å²) in [4.78, 5) is 12.5. The second-order valence-electron chi connectivity index (χ2n) is 21.5. The Hall–Kier alpha value is -3.99. The molecule has 78 heavy (non-hydrogen) atoms. The number of aliphatic hydroxyl groups is 2. The van der Waals surface area contributed by atoms with E-state index >= 15 is 0 Å². The maximum absolute atomic E-state index is 12.5. The second kappa shape index (κ2) is 67.3. The normalized spacial score (nSPS) is 13.8. The van der Waals surface area contributed by atoms with E-state index in [0.717, 1.165) is 109 Å². The summed E-state index contributed by atoms with van der Waals surface area (Å²) < 4.78 is 0. The summed E-state index contributed by atoms with van der Waals surface area (Å²) in [5.74, 6) is -0.110. The van der Waals surface area contributed by atoms with Crippen LogP contribution in [0.3, 0.4) is 0 Å². The molecule has 0 saturated heterocycles. The zero-order valence-electron chi connectivity index (χ0n) is 50.9. The molecular weight excluding hydrogens is 951 g/mol. The largest absolute Gasteiger partial charge is 0.394 e. The van der Waals surface area contributed by atoms with Gasteiger partial charge in [0, 0.05) is 6.42 Å². The smallest absolute Gasteiger partial charge is 0.220 e. The van der Waals surface area contributed by atoms with Gasteiger partial charge in [-0.25, -0.2) is 0 Å². The van der Waals surface area contributed by atoms with Gasteiger partial charge in [0.05, 0.1) is 18.8 Å². The van der Waals surface area contributed by atoms with E-state index in [1.54, 1.807) is 6.08 Å². The third kappa shape index (κ3) is 62.8. The van der Waals surface area contributed by atoms with Gasteiger partial charge in [0.25, 0.3) is 0 Å². The molecule has 0 saturated carbocycles. The van der Waals surface area contributed by atoms with Gasteiger partial charge in [-0.2, -0.15) is 0 Å². The Morgan fingerprint density at radius 2 is 0.564 bits per heavy atom. The fourth-order valence-corrected chi connectivity index (χ4v) is 9.10. The molecule has 0 bridgehead atoms. The van der Waals surface area contributed by atoms with Gasteiger partial charge in [-0.05, 0) is 109 Å². The van der Waals surface area contributed by atoms with Crippen LogP contribution in [0.2, 0.25) is 0 Å². The summed E-state index contributed by atoms with van der Waals surface area (Å²) in [5, 5.41) is 23.2. The number of aliphatic hydroxyl groups excluding tert-OH is 2. The maximum atomic E-state index is 12.5.